The first kappa shape index (κ1) is 12.6. The van der Waals surface area contributed by atoms with Crippen molar-refractivity contribution in [2.75, 3.05) is 0 Å². The molecule has 2 heterocycles. The van der Waals surface area contributed by atoms with Crippen LogP contribution < -0.4 is 10.6 Å². The third-order valence-electron chi connectivity index (χ3n) is 2.47. The van der Waals surface area contributed by atoms with E-state index < -0.39 is 12.0 Å². The van der Waals surface area contributed by atoms with Gasteiger partial charge in [0.25, 0.3) is 5.91 Å². The SMILES string of the molecule is CC(On1ncc(C(N)=O)c1C#N)c1ccccn1. The maximum atomic E-state index is 11.1. The molecule has 0 saturated carbocycles. The Hall–Kier alpha value is -2.88. The van der Waals surface area contributed by atoms with Crippen molar-refractivity contribution in [3.8, 4) is 6.07 Å². The second-order valence-corrected chi connectivity index (χ2v) is 3.76. The zero-order valence-corrected chi connectivity index (χ0v) is 10.1. The van der Waals surface area contributed by atoms with Gasteiger partial charge in [-0.3, -0.25) is 9.78 Å². The van der Waals surface area contributed by atoms with E-state index in [0.29, 0.717) is 5.69 Å². The molecular weight excluding hydrogens is 246 g/mol. The Balaban J connectivity index is 2.25. The largest absolute Gasteiger partial charge is 0.386 e. The highest BCUT2D eigenvalue weighted by Crippen LogP contribution is 2.12. The minimum atomic E-state index is -0.725. The summed E-state index contributed by atoms with van der Waals surface area (Å²) in [5.41, 5.74) is 5.81. The third-order valence-corrected chi connectivity index (χ3v) is 2.47. The Bertz CT molecular complexity index is 629. The molecule has 1 amide bonds. The fraction of sp³-hybridized carbons (Fsp3) is 0.167. The van der Waals surface area contributed by atoms with Crippen LogP contribution in [0.15, 0.2) is 30.6 Å². The Labute approximate surface area is 109 Å². The Kier molecular flexibility index (Phi) is 3.43. The van der Waals surface area contributed by atoms with E-state index in [0.717, 1.165) is 4.85 Å². The van der Waals surface area contributed by atoms with Crippen LogP contribution in [0, 0.1) is 11.3 Å². The molecule has 0 spiro atoms. The van der Waals surface area contributed by atoms with E-state index in [4.69, 9.17) is 15.8 Å². The van der Waals surface area contributed by atoms with E-state index in [-0.39, 0.29) is 11.3 Å². The molecule has 2 aromatic heterocycles. The molecule has 7 nitrogen and oxygen atoms in total. The van der Waals surface area contributed by atoms with Gasteiger partial charge in [0.15, 0.2) is 11.8 Å². The number of amides is 1. The van der Waals surface area contributed by atoms with Crippen LogP contribution in [0.4, 0.5) is 0 Å². The first-order valence-corrected chi connectivity index (χ1v) is 5.49. The number of hydrogen-bond acceptors (Lipinski definition) is 5. The molecule has 2 aromatic rings. The number of carbonyl (C=O) groups is 1. The number of hydrogen-bond donors (Lipinski definition) is 1. The van der Waals surface area contributed by atoms with Gasteiger partial charge in [0.2, 0.25) is 0 Å². The molecule has 0 aromatic carbocycles. The molecule has 0 aliphatic rings. The number of nitriles is 1. The van der Waals surface area contributed by atoms with Crippen molar-refractivity contribution in [2.45, 2.75) is 13.0 Å². The van der Waals surface area contributed by atoms with Gasteiger partial charge in [0.1, 0.15) is 6.07 Å². The molecule has 0 fully saturated rings. The molecule has 0 aliphatic heterocycles. The van der Waals surface area contributed by atoms with E-state index in [1.807, 2.05) is 12.1 Å². The van der Waals surface area contributed by atoms with Crippen LogP contribution in [0.5, 0.6) is 0 Å². The molecule has 0 aliphatic carbocycles. The lowest BCUT2D eigenvalue weighted by Crippen LogP contribution is -2.20. The van der Waals surface area contributed by atoms with Crippen molar-refractivity contribution < 1.29 is 9.63 Å². The number of primary amides is 1. The molecular formula is C12H11N5O2. The van der Waals surface area contributed by atoms with Gasteiger partial charge in [-0.1, -0.05) is 10.9 Å². The average Bonchev–Trinajstić information content (AvgIpc) is 2.82. The summed E-state index contributed by atoms with van der Waals surface area (Å²) in [6.07, 6.45) is 2.42. The Morgan fingerprint density at radius 1 is 1.58 bits per heavy atom. The molecule has 0 radical (unpaired) electrons. The maximum absolute atomic E-state index is 11.1. The first-order chi connectivity index (χ1) is 9.13. The van der Waals surface area contributed by atoms with E-state index in [9.17, 15) is 4.79 Å². The van der Waals surface area contributed by atoms with Crippen LogP contribution in [0.3, 0.4) is 0 Å². The van der Waals surface area contributed by atoms with E-state index in [1.54, 1.807) is 25.3 Å². The van der Waals surface area contributed by atoms with Crippen LogP contribution in [0.1, 0.15) is 34.8 Å². The van der Waals surface area contributed by atoms with Gasteiger partial charge in [0.05, 0.1) is 17.5 Å². The maximum Gasteiger partial charge on any atom is 0.253 e. The van der Waals surface area contributed by atoms with Crippen LogP contribution >= 0.6 is 0 Å². The molecule has 19 heavy (non-hydrogen) atoms. The highest BCUT2D eigenvalue weighted by molar-refractivity contribution is 5.94. The zero-order valence-electron chi connectivity index (χ0n) is 10.1. The number of pyridine rings is 1. The normalized spacial score (nSPS) is 11.6. The van der Waals surface area contributed by atoms with Crippen molar-refractivity contribution in [3.63, 3.8) is 0 Å². The summed E-state index contributed by atoms with van der Waals surface area (Å²) in [6.45, 7) is 1.76. The summed E-state index contributed by atoms with van der Waals surface area (Å²) >= 11 is 0. The molecule has 7 heteroatoms. The third kappa shape index (κ3) is 2.52. The lowest BCUT2D eigenvalue weighted by Gasteiger charge is -2.13. The number of aromatic nitrogens is 3. The fourth-order valence-corrected chi connectivity index (χ4v) is 1.52. The summed E-state index contributed by atoms with van der Waals surface area (Å²) in [4.78, 5) is 21.7. The van der Waals surface area contributed by atoms with Crippen molar-refractivity contribution in [3.05, 3.63) is 47.5 Å². The minimum absolute atomic E-state index is 0.0238. The second kappa shape index (κ2) is 5.18. The van der Waals surface area contributed by atoms with Gasteiger partial charge in [-0.2, -0.15) is 5.26 Å². The van der Waals surface area contributed by atoms with Crippen LogP contribution in [-0.2, 0) is 0 Å². The molecule has 2 N–H and O–H groups in total. The van der Waals surface area contributed by atoms with Crippen LogP contribution in [0.25, 0.3) is 0 Å². The smallest absolute Gasteiger partial charge is 0.253 e. The second-order valence-electron chi connectivity index (χ2n) is 3.76. The van der Waals surface area contributed by atoms with Crippen molar-refractivity contribution in [1.82, 2.24) is 14.9 Å². The van der Waals surface area contributed by atoms with Crippen LogP contribution in [0.2, 0.25) is 0 Å². The van der Waals surface area contributed by atoms with Gasteiger partial charge in [-0.25, -0.2) is 0 Å². The van der Waals surface area contributed by atoms with Gasteiger partial charge in [-0.15, -0.1) is 5.10 Å². The number of rotatable bonds is 4. The summed E-state index contributed by atoms with van der Waals surface area (Å²) in [5, 5.41) is 12.8. The average molecular weight is 257 g/mol. The topological polar surface area (TPSA) is 107 Å². The Morgan fingerprint density at radius 2 is 2.37 bits per heavy atom. The summed E-state index contributed by atoms with van der Waals surface area (Å²) in [7, 11) is 0. The van der Waals surface area contributed by atoms with E-state index in [1.165, 1.54) is 6.20 Å². The van der Waals surface area contributed by atoms with Gasteiger partial charge in [-0.05, 0) is 19.1 Å². The number of nitrogens with zero attached hydrogens (tertiary/aromatic N) is 4. The zero-order chi connectivity index (χ0) is 13.8. The fourth-order valence-electron chi connectivity index (χ4n) is 1.52. The van der Waals surface area contributed by atoms with Crippen molar-refractivity contribution in [1.29, 1.82) is 5.26 Å². The van der Waals surface area contributed by atoms with Gasteiger partial charge >= 0.3 is 0 Å². The predicted octanol–water partition coefficient (Wildman–Crippen LogP) is 0.438. The summed E-state index contributed by atoms with van der Waals surface area (Å²) in [6, 6.07) is 7.24. The van der Waals surface area contributed by atoms with Gasteiger partial charge < -0.3 is 10.6 Å². The molecule has 0 saturated heterocycles. The summed E-state index contributed by atoms with van der Waals surface area (Å²) < 4.78 is 0. The standard InChI is InChI=1S/C12H11N5O2/c1-8(10-4-2-3-5-15-10)19-17-11(6-13)9(7-16-17)12(14)18/h2-5,7-8H,1H3,(H2,14,18). The minimum Gasteiger partial charge on any atom is -0.386 e. The summed E-state index contributed by atoms with van der Waals surface area (Å²) in [5.74, 6) is -0.725. The molecule has 1 unspecified atom stereocenters. The highest BCUT2D eigenvalue weighted by atomic mass is 16.7. The molecule has 2 rings (SSSR count). The molecule has 0 bridgehead atoms. The number of nitrogens with two attached hydrogens (primary N) is 1. The quantitative estimate of drug-likeness (QED) is 0.855. The Morgan fingerprint density at radius 3 is 2.95 bits per heavy atom. The molecule has 96 valence electrons. The van der Waals surface area contributed by atoms with Gasteiger partial charge in [0, 0.05) is 6.20 Å². The van der Waals surface area contributed by atoms with E-state index >= 15 is 0 Å². The lowest BCUT2D eigenvalue weighted by molar-refractivity contribution is 0.0206. The number of carbonyl (C=O) groups excluding carboxylic acids is 1. The highest BCUT2D eigenvalue weighted by Gasteiger charge is 2.18. The van der Waals surface area contributed by atoms with E-state index in [2.05, 4.69) is 10.1 Å². The van der Waals surface area contributed by atoms with Crippen LogP contribution in [-0.4, -0.2) is 20.8 Å². The lowest BCUT2D eigenvalue weighted by atomic mass is 10.2. The first-order valence-electron chi connectivity index (χ1n) is 5.49. The van der Waals surface area contributed by atoms with Crippen molar-refractivity contribution in [2.24, 2.45) is 5.73 Å². The monoisotopic (exact) mass is 257 g/mol. The predicted molar refractivity (Wildman–Crippen MR) is 64.7 cm³/mol. The molecule has 1 atom stereocenters. The van der Waals surface area contributed by atoms with Crippen molar-refractivity contribution >= 4 is 5.91 Å².